The van der Waals surface area contributed by atoms with Crippen LogP contribution in [-0.2, 0) is 44.4 Å². The van der Waals surface area contributed by atoms with E-state index in [1.165, 1.54) is 21.9 Å². The molecule has 4 aromatic rings. The van der Waals surface area contributed by atoms with Crippen molar-refractivity contribution in [3.05, 3.63) is 94.6 Å². The van der Waals surface area contributed by atoms with Crippen LogP contribution in [0.15, 0.2) is 72.2 Å². The number of aromatic nitrogens is 1. The largest absolute Gasteiger partial charge is 0.493 e. The number of nitriles is 1. The Hall–Kier alpha value is -6.95. The van der Waals surface area contributed by atoms with E-state index in [0.717, 1.165) is 38.7 Å². The molecule has 4 amide bonds. The molecule has 2 fully saturated rings. The van der Waals surface area contributed by atoms with Gasteiger partial charge in [-0.15, -0.1) is 23.7 Å². The number of benzene rings is 3. The summed E-state index contributed by atoms with van der Waals surface area (Å²) in [6, 6.07) is 16.6. The number of alkyl halides is 3. The number of terminal acetylenes is 1. The van der Waals surface area contributed by atoms with E-state index < -0.39 is 88.2 Å². The molecule has 2 aliphatic heterocycles. The Balaban J connectivity index is 0.936. The number of hydrogen-bond donors (Lipinski definition) is 3. The lowest BCUT2D eigenvalue weighted by Crippen LogP contribution is -2.58. The number of likely N-dealkylation sites (tertiary alicyclic amines) is 1. The third kappa shape index (κ3) is 15.7. The van der Waals surface area contributed by atoms with Crippen LogP contribution in [0.4, 0.5) is 24.5 Å². The lowest BCUT2D eigenvalue weighted by molar-refractivity contribution is -0.150. The number of esters is 1. The van der Waals surface area contributed by atoms with E-state index in [9.17, 15) is 47.5 Å². The Morgan fingerprint density at radius 1 is 0.975 bits per heavy atom. The van der Waals surface area contributed by atoms with E-state index in [1.54, 1.807) is 75.7 Å². The molecule has 3 N–H and O–H groups in total. The first-order chi connectivity index (χ1) is 37.3. The molecule has 1 unspecified atom stereocenters. The van der Waals surface area contributed by atoms with E-state index in [1.807, 2.05) is 38.1 Å². The number of β-amino-alcohol motifs (C(OH)–C–C–N with tert-alkyl or cyclic N) is 1. The number of thiocarbonyl (C=S) groups is 1. The summed E-state index contributed by atoms with van der Waals surface area (Å²) in [5.74, 6) is 0.366. The third-order valence-electron chi connectivity index (χ3n) is 13.4. The number of aliphatic hydroxyl groups excluding tert-OH is 1. The molecule has 79 heavy (non-hydrogen) atoms. The zero-order valence-electron chi connectivity index (χ0n) is 45.2. The Morgan fingerprint density at radius 3 is 2.28 bits per heavy atom. The number of anilines is 2. The summed E-state index contributed by atoms with van der Waals surface area (Å²) in [4.78, 5) is 76.5. The lowest BCUT2D eigenvalue weighted by Gasteiger charge is -2.35. The van der Waals surface area contributed by atoms with Crippen LogP contribution in [-0.4, -0.2) is 119 Å². The van der Waals surface area contributed by atoms with Crippen molar-refractivity contribution in [3.8, 4) is 34.6 Å². The number of aliphatic hydroxyl groups is 1. The van der Waals surface area contributed by atoms with Gasteiger partial charge in [-0.1, -0.05) is 45.0 Å². The van der Waals surface area contributed by atoms with Crippen LogP contribution in [0.25, 0.3) is 10.4 Å². The van der Waals surface area contributed by atoms with Gasteiger partial charge in [-0.25, -0.2) is 4.98 Å². The Morgan fingerprint density at radius 2 is 1.65 bits per heavy atom. The number of carbonyl (C=O) groups is 5. The van der Waals surface area contributed by atoms with Crippen LogP contribution in [0.2, 0.25) is 0 Å². The quantitative estimate of drug-likeness (QED) is 0.0261. The predicted molar refractivity (Wildman–Crippen MR) is 295 cm³/mol. The van der Waals surface area contributed by atoms with E-state index in [0.29, 0.717) is 24.3 Å². The van der Waals surface area contributed by atoms with Gasteiger partial charge in [0.15, 0.2) is 5.11 Å². The number of amides is 4. The molecule has 17 nitrogen and oxygen atoms in total. The van der Waals surface area contributed by atoms with Gasteiger partial charge in [-0.05, 0) is 105 Å². The van der Waals surface area contributed by atoms with Crippen LogP contribution >= 0.6 is 23.6 Å². The van der Waals surface area contributed by atoms with Crippen molar-refractivity contribution in [1.29, 1.82) is 5.26 Å². The van der Waals surface area contributed by atoms with E-state index >= 15 is 0 Å². The average molecular weight is 1130 g/mol. The second kappa shape index (κ2) is 26.8. The zero-order chi connectivity index (χ0) is 57.8. The number of nitrogens with one attached hydrogen (secondary N) is 2. The van der Waals surface area contributed by atoms with Crippen LogP contribution in [0, 0.1) is 36.0 Å². The molecule has 0 bridgehead atoms. The second-order valence-electron chi connectivity index (χ2n) is 20.8. The molecule has 3 aromatic carbocycles. The number of aryl methyl sites for hydroxylation is 1. The molecule has 0 radical (unpaired) electrons. The topological polar surface area (TPSA) is 213 Å². The number of hydrogen-bond acceptors (Lipinski definition) is 14. The highest BCUT2D eigenvalue weighted by atomic mass is 32.1. The maximum atomic E-state index is 14.1. The number of ether oxygens (including phenoxy) is 4. The number of thiazole rings is 1. The Kier molecular flexibility index (Phi) is 20.8. The number of carbonyl (C=O) groups excluding carboxylic acids is 5. The van der Waals surface area contributed by atoms with Crippen molar-refractivity contribution in [3.63, 3.8) is 0 Å². The molecule has 22 heteroatoms. The summed E-state index contributed by atoms with van der Waals surface area (Å²) in [7, 11) is 0. The normalized spacial score (nSPS) is 17.4. The van der Waals surface area contributed by atoms with Gasteiger partial charge in [0, 0.05) is 51.1 Å². The van der Waals surface area contributed by atoms with Gasteiger partial charge in [-0.2, -0.15) is 18.4 Å². The van der Waals surface area contributed by atoms with E-state index in [-0.39, 0.29) is 76.1 Å². The van der Waals surface area contributed by atoms with Gasteiger partial charge < -0.3 is 44.5 Å². The van der Waals surface area contributed by atoms with Gasteiger partial charge in [0.1, 0.15) is 36.1 Å². The van der Waals surface area contributed by atoms with Gasteiger partial charge >= 0.3 is 12.1 Å². The summed E-state index contributed by atoms with van der Waals surface area (Å²) in [5.41, 5.74) is 1.14. The van der Waals surface area contributed by atoms with Crippen LogP contribution in [0.5, 0.6) is 5.75 Å². The third-order valence-corrected chi connectivity index (χ3v) is 14.7. The molecule has 2 aliphatic rings. The van der Waals surface area contributed by atoms with Gasteiger partial charge in [0.05, 0.1) is 70.7 Å². The zero-order valence-corrected chi connectivity index (χ0v) is 46.8. The van der Waals surface area contributed by atoms with Gasteiger partial charge in [0.2, 0.25) is 17.7 Å². The number of halogens is 3. The van der Waals surface area contributed by atoms with Crippen LogP contribution in [0.1, 0.15) is 108 Å². The highest BCUT2D eigenvalue weighted by Gasteiger charge is 2.51. The summed E-state index contributed by atoms with van der Waals surface area (Å²) in [6.45, 7) is 12.7. The second-order valence-corrected chi connectivity index (χ2v) is 22.0. The average Bonchev–Trinajstić information content (AvgIpc) is 4.18. The predicted octanol–water partition coefficient (Wildman–Crippen LogP) is 8.20. The molecule has 5 atom stereocenters. The lowest BCUT2D eigenvalue weighted by atomic mass is 9.85. The van der Waals surface area contributed by atoms with Crippen LogP contribution < -0.4 is 25.2 Å². The minimum atomic E-state index is -4.84. The highest BCUT2D eigenvalue weighted by Crippen LogP contribution is 2.40. The Bertz CT molecular complexity index is 2910. The standard InChI is InChI=1S/C57H66F3N7O10S2/c1-9-10-12-48(70)77-44(24-28-76-43-21-19-40(20-22-43)67-54(78)66(53(73)56(67,7)8)41-18-17-39(31-61)45(29-41)57(58,59)60)23-27-74-25-11-26-75-33-47(69)64-50(55(4,5)6)52(72)65-32-42(68)30-46(65)51(71)63-35(2)37-13-15-38(16-14-37)49-36(3)62-34-79-49/h1,13-22,29,34-35,42,44,46,50,68H,10-12,23-28,30,32-33H2,2-8H3,(H,63,71)(H,64,69)/t35-,42+,44?,46-,50+/m0/s1. The monoisotopic (exact) mass is 1130 g/mol. The van der Waals surface area contributed by atoms with Crippen molar-refractivity contribution in [2.75, 3.05) is 49.4 Å². The minimum absolute atomic E-state index is 0.0268. The van der Waals surface area contributed by atoms with Crippen molar-refractivity contribution in [1.82, 2.24) is 20.5 Å². The fourth-order valence-corrected chi connectivity index (χ4v) is 10.4. The van der Waals surface area contributed by atoms with Crippen molar-refractivity contribution in [2.24, 2.45) is 5.41 Å². The molecule has 0 aliphatic carbocycles. The highest BCUT2D eigenvalue weighted by molar-refractivity contribution is 7.81. The van der Waals surface area contributed by atoms with E-state index in [2.05, 4.69) is 21.5 Å². The Labute approximate surface area is 467 Å². The first-order valence-electron chi connectivity index (χ1n) is 25.8. The first-order valence-corrected chi connectivity index (χ1v) is 27.0. The molecule has 6 rings (SSSR count). The molecular formula is C57H66F3N7O10S2. The fraction of sp³-hybridized carbons (Fsp3) is 0.474. The number of rotatable bonds is 24. The summed E-state index contributed by atoms with van der Waals surface area (Å²) in [5, 5.41) is 25.6. The van der Waals surface area contributed by atoms with Crippen molar-refractivity contribution in [2.45, 2.75) is 129 Å². The maximum Gasteiger partial charge on any atom is 0.417 e. The molecule has 422 valence electrons. The minimum Gasteiger partial charge on any atom is -0.493 e. The molecule has 0 saturated carbocycles. The maximum absolute atomic E-state index is 14.1. The summed E-state index contributed by atoms with van der Waals surface area (Å²) in [6.07, 6.45) is 0.288. The molecule has 3 heterocycles. The van der Waals surface area contributed by atoms with E-state index in [4.69, 9.17) is 37.6 Å². The molecule has 0 spiro atoms. The molecule has 2 saturated heterocycles. The fourth-order valence-electron chi connectivity index (χ4n) is 9.10. The molecule has 1 aromatic heterocycles. The van der Waals surface area contributed by atoms with Gasteiger partial charge in [-0.3, -0.25) is 28.9 Å². The van der Waals surface area contributed by atoms with Crippen molar-refractivity contribution < 1.29 is 61.2 Å². The van der Waals surface area contributed by atoms with Gasteiger partial charge in [0.25, 0.3) is 5.91 Å². The van der Waals surface area contributed by atoms with Crippen molar-refractivity contribution >= 4 is 69.6 Å². The van der Waals surface area contributed by atoms with Crippen LogP contribution in [0.3, 0.4) is 0 Å². The smallest absolute Gasteiger partial charge is 0.417 e. The summed E-state index contributed by atoms with van der Waals surface area (Å²) >= 11 is 7.20. The number of nitrogens with zero attached hydrogens (tertiary/aromatic N) is 5. The summed E-state index contributed by atoms with van der Waals surface area (Å²) < 4.78 is 64.5. The SMILES string of the molecule is C#CCCC(=O)OC(CCOCCCOCC(=O)N[C@H](C(=O)N1C[C@H](O)C[C@H]1C(=O)N[C@@H](C)c1ccc(-c2scnc2C)cc1)C(C)(C)C)CCOc1ccc(N2C(=S)N(c3ccc(C#N)c(C(F)(F)F)c3)C(=O)C2(C)C)cc1. The first kappa shape index (κ1) is 61.3. The molecular weight excluding hydrogens is 1060 g/mol.